The van der Waals surface area contributed by atoms with Crippen molar-refractivity contribution < 1.29 is 27.9 Å². The van der Waals surface area contributed by atoms with Crippen LogP contribution in [0.5, 0.6) is 5.75 Å². The minimum Gasteiger partial charge on any atom is -0.496 e. The number of aromatic nitrogens is 2. The average Bonchev–Trinajstić information content (AvgIpc) is 3.17. The Bertz CT molecular complexity index is 2170. The van der Waals surface area contributed by atoms with Crippen molar-refractivity contribution >= 4 is 45.9 Å². The van der Waals surface area contributed by atoms with Gasteiger partial charge in [0.2, 0.25) is 11.8 Å². The Morgan fingerprint density at radius 2 is 1.80 bits per heavy atom. The summed E-state index contributed by atoms with van der Waals surface area (Å²) < 4.78 is 39.0. The molecule has 2 unspecified atom stereocenters. The van der Waals surface area contributed by atoms with Gasteiger partial charge in [0.15, 0.2) is 0 Å². The van der Waals surface area contributed by atoms with Crippen LogP contribution in [0.4, 0.5) is 19.3 Å². The van der Waals surface area contributed by atoms with Gasteiger partial charge in [-0.1, -0.05) is 23.7 Å². The highest BCUT2D eigenvalue weighted by molar-refractivity contribution is 6.32. The van der Waals surface area contributed by atoms with Crippen molar-refractivity contribution in [2.75, 3.05) is 45.7 Å². The number of aryl methyl sites for hydroxylation is 1. The molecule has 0 aliphatic carbocycles. The number of ether oxygens (including phenoxy) is 1. The summed E-state index contributed by atoms with van der Waals surface area (Å²) >= 11 is 6.82. The predicted octanol–water partition coefficient (Wildman–Crippen LogP) is 5.62. The highest BCUT2D eigenvalue weighted by Crippen LogP contribution is 2.39. The normalized spacial score (nSPS) is 20.7. The topological polar surface area (TPSA) is 129 Å². The molecule has 290 valence electrons. The molecule has 2 aromatic heterocycles. The minimum atomic E-state index is -3.17. The molecule has 0 bridgehead atoms. The Kier molecular flexibility index (Phi) is 10.8. The number of pyridine rings is 2. The second kappa shape index (κ2) is 15.6. The number of methoxy groups -OCH3 is 1. The first-order valence-corrected chi connectivity index (χ1v) is 18.8. The molecule has 3 saturated heterocycles. The highest BCUT2D eigenvalue weighted by Gasteiger charge is 2.48. The van der Waals surface area contributed by atoms with Crippen molar-refractivity contribution in [2.24, 2.45) is 7.05 Å². The van der Waals surface area contributed by atoms with E-state index >= 15 is 8.78 Å². The van der Waals surface area contributed by atoms with E-state index in [0.29, 0.717) is 78.0 Å². The van der Waals surface area contributed by atoms with Crippen LogP contribution in [0.2, 0.25) is 5.02 Å². The van der Waals surface area contributed by atoms with E-state index in [-0.39, 0.29) is 36.3 Å². The minimum absolute atomic E-state index is 0.0843. The molecule has 0 radical (unpaired) electrons. The third-order valence-corrected chi connectivity index (χ3v) is 11.5. The standard InChI is InChI=1S/C40H44ClF2N7O5/c1-47-21-30(28-10-14-44-20-29(28)38(47)53)26-18-32(41)31(34(19-26)55-3)22-49-15-13-35(40(42,43)23-49)48(2)39(54)50-16-11-25(12-17-50)24-4-6-27(7-5-24)45-33-8-9-36(51)46-37(33)52/h4-7,10,14,18-21,25,33,35,45H,8-9,11-13,15-17,22-23H2,1-3H3,(H,46,51,52). The fourth-order valence-electron chi connectivity index (χ4n) is 8.12. The van der Waals surface area contributed by atoms with Crippen LogP contribution >= 0.6 is 11.6 Å². The lowest BCUT2D eigenvalue weighted by Crippen LogP contribution is -2.60. The van der Waals surface area contributed by atoms with E-state index in [9.17, 15) is 19.2 Å². The fourth-order valence-corrected chi connectivity index (χ4v) is 8.39. The van der Waals surface area contributed by atoms with Gasteiger partial charge in [0.05, 0.1) is 25.1 Å². The van der Waals surface area contributed by atoms with Gasteiger partial charge in [-0.2, -0.15) is 0 Å². The number of carbonyl (C=O) groups excluding carboxylic acids is 3. The second-order valence-corrected chi connectivity index (χ2v) is 15.1. The van der Waals surface area contributed by atoms with Gasteiger partial charge in [-0.3, -0.25) is 29.6 Å². The number of fused-ring (bicyclic) bond motifs is 1. The van der Waals surface area contributed by atoms with Gasteiger partial charge in [-0.15, -0.1) is 0 Å². The summed E-state index contributed by atoms with van der Waals surface area (Å²) in [5.74, 6) is -3.11. The summed E-state index contributed by atoms with van der Waals surface area (Å²) in [7, 11) is 4.64. The molecule has 0 saturated carbocycles. The number of amides is 4. The zero-order chi connectivity index (χ0) is 39.0. The van der Waals surface area contributed by atoms with Gasteiger partial charge in [0.25, 0.3) is 11.5 Å². The largest absolute Gasteiger partial charge is 0.496 e. The van der Waals surface area contributed by atoms with E-state index in [0.717, 1.165) is 16.8 Å². The van der Waals surface area contributed by atoms with Crippen LogP contribution in [0, 0.1) is 0 Å². The van der Waals surface area contributed by atoms with Gasteiger partial charge in [0, 0.05) is 87.1 Å². The zero-order valence-electron chi connectivity index (χ0n) is 31.0. The van der Waals surface area contributed by atoms with E-state index in [2.05, 4.69) is 15.6 Å². The number of nitrogens with one attached hydrogen (secondary N) is 2. The lowest BCUT2D eigenvalue weighted by atomic mass is 9.89. The molecule has 3 aliphatic heterocycles. The van der Waals surface area contributed by atoms with Crippen LogP contribution in [0.3, 0.4) is 0 Å². The van der Waals surface area contributed by atoms with E-state index < -0.39 is 30.6 Å². The monoisotopic (exact) mass is 775 g/mol. The van der Waals surface area contributed by atoms with Crippen molar-refractivity contribution in [1.82, 2.24) is 29.6 Å². The number of urea groups is 1. The number of rotatable bonds is 8. The van der Waals surface area contributed by atoms with Gasteiger partial charge in [0.1, 0.15) is 11.8 Å². The SMILES string of the molecule is COc1cc(-c2cn(C)c(=O)c3cnccc23)cc(Cl)c1CN1CCC(N(C)C(=O)N2CCC(c3ccc(NC4CCC(=O)NC4=O)cc3)CC2)C(F)(F)C1. The highest BCUT2D eigenvalue weighted by atomic mass is 35.5. The van der Waals surface area contributed by atoms with Crippen molar-refractivity contribution in [1.29, 1.82) is 0 Å². The molecule has 12 nitrogen and oxygen atoms in total. The Morgan fingerprint density at radius 1 is 1.05 bits per heavy atom. The molecule has 55 heavy (non-hydrogen) atoms. The smallest absolute Gasteiger partial charge is 0.320 e. The lowest BCUT2D eigenvalue weighted by Gasteiger charge is -2.44. The van der Waals surface area contributed by atoms with E-state index in [4.69, 9.17) is 16.3 Å². The Hall–Kier alpha value is -5.08. The number of imide groups is 1. The first kappa shape index (κ1) is 38.2. The summed E-state index contributed by atoms with van der Waals surface area (Å²) in [6, 6.07) is 11.0. The molecule has 3 aliphatic rings. The maximum absolute atomic E-state index is 15.9. The molecule has 0 spiro atoms. The number of hydrogen-bond donors (Lipinski definition) is 2. The fraction of sp³-hybridized carbons (Fsp3) is 0.425. The number of halogens is 3. The van der Waals surface area contributed by atoms with E-state index in [1.54, 1.807) is 47.4 Å². The zero-order valence-corrected chi connectivity index (χ0v) is 31.7. The molecule has 4 amide bonds. The number of carbonyl (C=O) groups is 3. The first-order chi connectivity index (χ1) is 26.3. The third-order valence-electron chi connectivity index (χ3n) is 11.2. The van der Waals surface area contributed by atoms with E-state index in [1.165, 1.54) is 29.8 Å². The summed E-state index contributed by atoms with van der Waals surface area (Å²) in [6.07, 6.45) is 7.09. The van der Waals surface area contributed by atoms with Crippen LogP contribution in [-0.2, 0) is 23.2 Å². The number of alkyl halides is 2. The number of piperidine rings is 3. The predicted molar refractivity (Wildman–Crippen MR) is 206 cm³/mol. The Labute approximate surface area is 322 Å². The molecule has 15 heteroatoms. The number of likely N-dealkylation sites (tertiary alicyclic amines) is 2. The molecular weight excluding hydrogens is 732 g/mol. The molecule has 5 heterocycles. The summed E-state index contributed by atoms with van der Waals surface area (Å²) in [5.41, 5.74) is 3.76. The van der Waals surface area contributed by atoms with Gasteiger partial charge >= 0.3 is 6.03 Å². The summed E-state index contributed by atoms with van der Waals surface area (Å²) in [4.78, 5) is 58.4. The molecular formula is C40H44ClF2N7O5. The van der Waals surface area contributed by atoms with Crippen LogP contribution in [0.15, 0.2) is 65.8 Å². The number of anilines is 1. The average molecular weight is 776 g/mol. The summed E-state index contributed by atoms with van der Waals surface area (Å²) in [5, 5.41) is 7.06. The summed E-state index contributed by atoms with van der Waals surface area (Å²) in [6.45, 7) is 0.810. The first-order valence-electron chi connectivity index (χ1n) is 18.4. The lowest BCUT2D eigenvalue weighted by molar-refractivity contribution is -0.133. The quantitative estimate of drug-likeness (QED) is 0.221. The van der Waals surface area contributed by atoms with Crippen molar-refractivity contribution in [2.45, 2.75) is 62.6 Å². The molecule has 7 rings (SSSR count). The Morgan fingerprint density at radius 3 is 2.49 bits per heavy atom. The molecule has 2 aromatic carbocycles. The van der Waals surface area contributed by atoms with Crippen LogP contribution in [0.1, 0.15) is 49.1 Å². The number of benzene rings is 2. The number of hydrogen-bond acceptors (Lipinski definition) is 8. The van der Waals surface area contributed by atoms with Gasteiger partial charge < -0.3 is 24.4 Å². The maximum atomic E-state index is 15.9. The molecule has 4 aromatic rings. The van der Waals surface area contributed by atoms with E-state index in [1.807, 2.05) is 24.3 Å². The molecule has 3 fully saturated rings. The molecule has 2 N–H and O–H groups in total. The van der Waals surface area contributed by atoms with Crippen molar-refractivity contribution in [3.05, 3.63) is 87.6 Å². The van der Waals surface area contributed by atoms with Gasteiger partial charge in [-0.25, -0.2) is 13.6 Å². The van der Waals surface area contributed by atoms with Gasteiger partial charge in [-0.05, 0) is 78.4 Å². The molecule has 2 atom stereocenters. The second-order valence-electron chi connectivity index (χ2n) is 14.7. The van der Waals surface area contributed by atoms with Crippen molar-refractivity contribution in [3.8, 4) is 16.9 Å². The Balaban J connectivity index is 0.953. The van der Waals surface area contributed by atoms with Crippen LogP contribution < -0.4 is 20.9 Å². The van der Waals surface area contributed by atoms with Crippen LogP contribution in [-0.4, -0.2) is 100 Å². The maximum Gasteiger partial charge on any atom is 0.320 e. The van der Waals surface area contributed by atoms with Crippen LogP contribution in [0.25, 0.3) is 21.9 Å². The van der Waals surface area contributed by atoms with Crippen molar-refractivity contribution in [3.63, 3.8) is 0 Å². The number of nitrogens with zero attached hydrogens (tertiary/aromatic N) is 5. The third kappa shape index (κ3) is 7.88.